The number of aromatic nitrogens is 2. The van der Waals surface area contributed by atoms with E-state index in [1.54, 1.807) is 16.0 Å². The second-order valence-electron chi connectivity index (χ2n) is 10.0. The van der Waals surface area contributed by atoms with E-state index in [2.05, 4.69) is 15.3 Å². The normalized spacial score (nSPS) is 17.7. The summed E-state index contributed by atoms with van der Waals surface area (Å²) in [5.74, 6) is 0.350. The summed E-state index contributed by atoms with van der Waals surface area (Å²) in [6, 6.07) is 5.88. The van der Waals surface area contributed by atoms with Crippen LogP contribution in [0.3, 0.4) is 0 Å². The summed E-state index contributed by atoms with van der Waals surface area (Å²) in [4.78, 5) is 25.6. The zero-order chi connectivity index (χ0) is 25.2. The lowest BCUT2D eigenvalue weighted by Crippen LogP contribution is -2.53. The number of benzene rings is 1. The quantitative estimate of drug-likeness (QED) is 0.471. The standard InChI is InChI=1S/C25H34ClN5O4/c1-25(2,3)31(8-9-32)21(33)15-30-14-17-5-4-16(12-19(17)23(30)34)22-20(26)13-27-24(29-22)28-18-6-10-35-11-7-18/h4-5,12-13,18,21,32-33H,6-11,14-15H2,1-3H3,(H,27,28,29). The van der Waals surface area contributed by atoms with E-state index >= 15 is 0 Å². The first-order chi connectivity index (χ1) is 16.7. The zero-order valence-corrected chi connectivity index (χ0v) is 21.3. The van der Waals surface area contributed by atoms with Gasteiger partial charge in [-0.15, -0.1) is 0 Å². The molecule has 1 saturated heterocycles. The number of rotatable bonds is 8. The van der Waals surface area contributed by atoms with Crippen molar-refractivity contribution in [2.45, 2.75) is 58.0 Å². The number of aliphatic hydroxyl groups excluding tert-OH is 2. The second kappa shape index (κ2) is 10.8. The van der Waals surface area contributed by atoms with Crippen molar-refractivity contribution in [3.8, 4) is 11.3 Å². The predicted octanol–water partition coefficient (Wildman–Crippen LogP) is 2.75. The van der Waals surface area contributed by atoms with Crippen LogP contribution in [0.15, 0.2) is 24.4 Å². The van der Waals surface area contributed by atoms with Crippen LogP contribution in [-0.2, 0) is 11.3 Å². The second-order valence-corrected chi connectivity index (χ2v) is 10.5. The number of anilines is 1. The minimum absolute atomic E-state index is 0.0725. The van der Waals surface area contributed by atoms with Gasteiger partial charge in [0.15, 0.2) is 0 Å². The number of ether oxygens (including phenoxy) is 1. The summed E-state index contributed by atoms with van der Waals surface area (Å²) in [6.45, 7) is 8.13. The number of aliphatic hydroxyl groups is 2. The van der Waals surface area contributed by atoms with Gasteiger partial charge in [-0.25, -0.2) is 9.97 Å². The van der Waals surface area contributed by atoms with Crippen molar-refractivity contribution in [3.05, 3.63) is 40.5 Å². The third kappa shape index (κ3) is 5.92. The first-order valence-electron chi connectivity index (χ1n) is 12.0. The Morgan fingerprint density at radius 1 is 1.31 bits per heavy atom. The molecule has 35 heavy (non-hydrogen) atoms. The van der Waals surface area contributed by atoms with Crippen LogP contribution in [0, 0.1) is 0 Å². The average Bonchev–Trinajstić information content (AvgIpc) is 3.13. The maximum atomic E-state index is 13.2. The molecule has 1 fully saturated rings. The zero-order valence-electron chi connectivity index (χ0n) is 20.5. The molecule has 0 bridgehead atoms. The van der Waals surface area contributed by atoms with Crippen molar-refractivity contribution in [1.82, 2.24) is 19.8 Å². The number of hydrogen-bond acceptors (Lipinski definition) is 8. The van der Waals surface area contributed by atoms with Crippen LogP contribution in [0.25, 0.3) is 11.3 Å². The number of carbonyl (C=O) groups is 1. The molecule has 9 nitrogen and oxygen atoms in total. The molecule has 1 atom stereocenters. The van der Waals surface area contributed by atoms with Gasteiger partial charge < -0.3 is 25.2 Å². The van der Waals surface area contributed by atoms with E-state index in [1.807, 2.05) is 39.0 Å². The van der Waals surface area contributed by atoms with Crippen LogP contribution in [0.2, 0.25) is 5.02 Å². The van der Waals surface area contributed by atoms with Crippen LogP contribution in [0.1, 0.15) is 49.5 Å². The van der Waals surface area contributed by atoms with Crippen molar-refractivity contribution in [2.75, 3.05) is 38.2 Å². The molecule has 2 aromatic rings. The molecule has 0 saturated carbocycles. The van der Waals surface area contributed by atoms with Gasteiger partial charge in [0.25, 0.3) is 5.91 Å². The molecule has 1 unspecified atom stereocenters. The van der Waals surface area contributed by atoms with Crippen molar-refractivity contribution in [3.63, 3.8) is 0 Å². The Morgan fingerprint density at radius 3 is 2.74 bits per heavy atom. The van der Waals surface area contributed by atoms with Crippen LogP contribution in [0.4, 0.5) is 5.95 Å². The highest BCUT2D eigenvalue weighted by Crippen LogP contribution is 2.32. The molecule has 0 aliphatic carbocycles. The lowest BCUT2D eigenvalue weighted by Gasteiger charge is -2.40. The smallest absolute Gasteiger partial charge is 0.254 e. The summed E-state index contributed by atoms with van der Waals surface area (Å²) in [7, 11) is 0. The summed E-state index contributed by atoms with van der Waals surface area (Å²) in [5.41, 5.74) is 2.41. The highest BCUT2D eigenvalue weighted by Gasteiger charge is 2.33. The third-order valence-electron chi connectivity index (χ3n) is 6.51. The highest BCUT2D eigenvalue weighted by molar-refractivity contribution is 6.33. The van der Waals surface area contributed by atoms with E-state index in [-0.39, 0.29) is 30.6 Å². The Kier molecular flexibility index (Phi) is 7.92. The Morgan fingerprint density at radius 2 is 2.06 bits per heavy atom. The molecule has 0 spiro atoms. The van der Waals surface area contributed by atoms with E-state index in [4.69, 9.17) is 16.3 Å². The highest BCUT2D eigenvalue weighted by atomic mass is 35.5. The number of carbonyl (C=O) groups excluding carboxylic acids is 1. The molecule has 3 heterocycles. The molecule has 3 N–H and O–H groups in total. The van der Waals surface area contributed by atoms with Gasteiger partial charge in [-0.1, -0.05) is 23.7 Å². The fourth-order valence-corrected chi connectivity index (χ4v) is 4.85. The molecule has 2 aliphatic rings. The summed E-state index contributed by atoms with van der Waals surface area (Å²) in [5, 5.41) is 24.0. The molecule has 190 valence electrons. The average molecular weight is 504 g/mol. The molecular weight excluding hydrogens is 470 g/mol. The van der Waals surface area contributed by atoms with Gasteiger partial charge in [0.2, 0.25) is 5.95 Å². The van der Waals surface area contributed by atoms with Gasteiger partial charge in [-0.3, -0.25) is 9.69 Å². The van der Waals surface area contributed by atoms with Crippen molar-refractivity contribution < 1.29 is 19.7 Å². The Hall–Kier alpha value is -2.30. The molecule has 1 aromatic carbocycles. The Labute approximate surface area is 211 Å². The maximum absolute atomic E-state index is 13.2. The lowest BCUT2D eigenvalue weighted by atomic mass is 10.0. The van der Waals surface area contributed by atoms with E-state index in [0.717, 1.165) is 24.0 Å². The van der Waals surface area contributed by atoms with Crippen molar-refractivity contribution in [1.29, 1.82) is 0 Å². The molecule has 0 radical (unpaired) electrons. The maximum Gasteiger partial charge on any atom is 0.254 e. The van der Waals surface area contributed by atoms with Gasteiger partial charge in [-0.05, 0) is 45.2 Å². The largest absolute Gasteiger partial charge is 0.395 e. The predicted molar refractivity (Wildman–Crippen MR) is 134 cm³/mol. The first-order valence-corrected chi connectivity index (χ1v) is 12.4. The number of halogens is 1. The number of β-amino-alcohol motifs (C(OH)–C–C–N with tert-alkyl or cyclic N) is 2. The number of nitrogens with zero attached hydrogens (tertiary/aromatic N) is 4. The minimum atomic E-state index is -0.894. The van der Waals surface area contributed by atoms with Crippen LogP contribution in [0.5, 0.6) is 0 Å². The van der Waals surface area contributed by atoms with Crippen LogP contribution >= 0.6 is 11.6 Å². The van der Waals surface area contributed by atoms with Gasteiger partial charge in [0.05, 0.1) is 30.1 Å². The van der Waals surface area contributed by atoms with Crippen molar-refractivity contribution >= 4 is 23.5 Å². The fourth-order valence-electron chi connectivity index (χ4n) is 4.65. The summed E-state index contributed by atoms with van der Waals surface area (Å²) >= 11 is 6.44. The molecule has 1 aromatic heterocycles. The molecule has 10 heteroatoms. The first kappa shape index (κ1) is 25.8. The van der Waals surface area contributed by atoms with E-state index in [0.29, 0.717) is 48.5 Å². The molecular formula is C25H34ClN5O4. The third-order valence-corrected chi connectivity index (χ3v) is 6.78. The number of amides is 1. The summed E-state index contributed by atoms with van der Waals surface area (Å²) < 4.78 is 5.41. The number of nitrogens with one attached hydrogen (secondary N) is 1. The Balaban J connectivity index is 1.51. The van der Waals surface area contributed by atoms with E-state index < -0.39 is 6.23 Å². The molecule has 1 amide bonds. The Bertz CT molecular complexity index is 1050. The monoisotopic (exact) mass is 503 g/mol. The van der Waals surface area contributed by atoms with Crippen molar-refractivity contribution in [2.24, 2.45) is 0 Å². The lowest BCUT2D eigenvalue weighted by molar-refractivity contribution is -0.0697. The van der Waals surface area contributed by atoms with Gasteiger partial charge in [0, 0.05) is 49.0 Å². The number of hydrogen-bond donors (Lipinski definition) is 3. The molecule has 2 aliphatic heterocycles. The van der Waals surface area contributed by atoms with Gasteiger partial charge in [-0.2, -0.15) is 0 Å². The van der Waals surface area contributed by atoms with Gasteiger partial charge >= 0.3 is 0 Å². The molecule has 4 rings (SSSR count). The van der Waals surface area contributed by atoms with Crippen LogP contribution in [-0.4, -0.2) is 86.6 Å². The number of fused-ring (bicyclic) bond motifs is 1. The minimum Gasteiger partial charge on any atom is -0.395 e. The van der Waals surface area contributed by atoms with Gasteiger partial charge in [0.1, 0.15) is 6.23 Å². The summed E-state index contributed by atoms with van der Waals surface area (Å²) in [6.07, 6.45) is 2.46. The van der Waals surface area contributed by atoms with E-state index in [9.17, 15) is 15.0 Å². The van der Waals surface area contributed by atoms with Crippen LogP contribution < -0.4 is 5.32 Å². The fraction of sp³-hybridized carbons (Fsp3) is 0.560. The topological polar surface area (TPSA) is 111 Å². The van der Waals surface area contributed by atoms with E-state index in [1.165, 1.54) is 0 Å². The SMILES string of the molecule is CC(C)(C)N(CCO)C(O)CN1Cc2ccc(-c3nc(NC4CCOCC4)ncc3Cl)cc2C1=O.